The molecule has 1 amide bonds. The van der Waals surface area contributed by atoms with Crippen LogP contribution < -0.4 is 4.90 Å². The van der Waals surface area contributed by atoms with Crippen LogP contribution in [0.3, 0.4) is 0 Å². The third-order valence-corrected chi connectivity index (χ3v) is 7.47. The molecule has 2 aromatic carbocycles. The van der Waals surface area contributed by atoms with E-state index in [1.807, 2.05) is 23.1 Å². The summed E-state index contributed by atoms with van der Waals surface area (Å²) in [7, 11) is 0. The fourth-order valence-electron chi connectivity index (χ4n) is 5.58. The van der Waals surface area contributed by atoms with E-state index in [0.717, 1.165) is 81.5 Å². The molecule has 0 aliphatic carbocycles. The van der Waals surface area contributed by atoms with Crippen LogP contribution in [-0.2, 0) is 24.1 Å². The van der Waals surface area contributed by atoms with Gasteiger partial charge < -0.3 is 9.80 Å². The van der Waals surface area contributed by atoms with Crippen molar-refractivity contribution in [3.8, 4) is 0 Å². The van der Waals surface area contributed by atoms with Crippen LogP contribution in [-0.4, -0.2) is 42.8 Å². The van der Waals surface area contributed by atoms with Crippen molar-refractivity contribution < 1.29 is 14.0 Å². The predicted octanol–water partition coefficient (Wildman–Crippen LogP) is 5.00. The lowest BCUT2D eigenvalue weighted by Gasteiger charge is -2.32. The third-order valence-electron chi connectivity index (χ3n) is 7.47. The number of rotatable bonds is 7. The van der Waals surface area contributed by atoms with E-state index in [1.54, 1.807) is 12.1 Å². The number of nitrogens with zero attached hydrogens (tertiary/aromatic N) is 2. The van der Waals surface area contributed by atoms with Crippen LogP contribution in [0, 0.1) is 11.7 Å². The van der Waals surface area contributed by atoms with Gasteiger partial charge >= 0.3 is 0 Å². The summed E-state index contributed by atoms with van der Waals surface area (Å²) in [5.41, 5.74) is 5.32. The number of likely N-dealkylation sites (tertiary alicyclic amines) is 1. The number of hydrogen-bond acceptors (Lipinski definition) is 3. The molecule has 1 fully saturated rings. The highest BCUT2D eigenvalue weighted by Gasteiger charge is 2.32. The van der Waals surface area contributed by atoms with E-state index in [4.69, 9.17) is 0 Å². The number of piperidine rings is 1. The van der Waals surface area contributed by atoms with Crippen molar-refractivity contribution in [3.63, 3.8) is 0 Å². The number of halogens is 2. The minimum absolute atomic E-state index is 0. The maximum atomic E-state index is 13.3. The lowest BCUT2D eigenvalue weighted by molar-refractivity contribution is -0.118. The van der Waals surface area contributed by atoms with Gasteiger partial charge in [0.2, 0.25) is 5.91 Å². The summed E-state index contributed by atoms with van der Waals surface area (Å²) in [5, 5.41) is 0. The summed E-state index contributed by atoms with van der Waals surface area (Å²) in [4.78, 5) is 29.4. The minimum atomic E-state index is -0.163. The number of carbonyl (C=O) groups excluding carboxylic acids is 2. The van der Waals surface area contributed by atoms with Gasteiger partial charge in [-0.1, -0.05) is 12.1 Å². The Bertz CT molecular complexity index is 1030. The van der Waals surface area contributed by atoms with Crippen LogP contribution >= 0.6 is 12.4 Å². The summed E-state index contributed by atoms with van der Waals surface area (Å²) in [5.74, 6) is 0.903. The molecule has 0 unspecified atom stereocenters. The molecule has 0 aromatic heterocycles. The van der Waals surface area contributed by atoms with E-state index in [-0.39, 0.29) is 29.9 Å². The molecule has 0 spiro atoms. The summed E-state index contributed by atoms with van der Waals surface area (Å²) in [6, 6.07) is 11.0. The van der Waals surface area contributed by atoms with Gasteiger partial charge in [0.15, 0.2) is 5.78 Å². The Morgan fingerprint density at radius 3 is 2.52 bits per heavy atom. The summed E-state index contributed by atoms with van der Waals surface area (Å²) >= 11 is 0. The van der Waals surface area contributed by atoms with Crippen molar-refractivity contribution in [1.29, 1.82) is 0 Å². The average molecular weight is 471 g/mol. The molecule has 3 aliphatic heterocycles. The Morgan fingerprint density at radius 2 is 1.76 bits per heavy atom. The molecule has 5 rings (SSSR count). The zero-order valence-electron chi connectivity index (χ0n) is 19.0. The zero-order valence-corrected chi connectivity index (χ0v) is 19.8. The van der Waals surface area contributed by atoms with E-state index < -0.39 is 0 Å². The van der Waals surface area contributed by atoms with Crippen LogP contribution in [0.1, 0.15) is 59.2 Å². The highest BCUT2D eigenvalue weighted by Crippen LogP contribution is 2.38. The largest absolute Gasteiger partial charge is 0.312 e. The fraction of sp³-hybridized carbons (Fsp3) is 0.481. The summed E-state index contributed by atoms with van der Waals surface area (Å²) < 4.78 is 13.3. The maximum absolute atomic E-state index is 13.3. The standard InChI is InChI=1S/C27H31FN2O2.ClH/c28-24-3-1-2-20(16-24)10-14-29-12-8-19(9-13-29)4-6-25(31)23-17-21-5-7-26(32)30-15-11-22(18-23)27(21)30;/h1-3,16-19H,4-15H2;1H. The predicted molar refractivity (Wildman–Crippen MR) is 131 cm³/mol. The Kier molecular flexibility index (Phi) is 7.50. The molecule has 3 heterocycles. The molecule has 4 nitrogen and oxygen atoms in total. The van der Waals surface area contributed by atoms with Gasteiger partial charge in [-0.15, -0.1) is 12.4 Å². The topological polar surface area (TPSA) is 40.6 Å². The fourth-order valence-corrected chi connectivity index (χ4v) is 5.58. The Morgan fingerprint density at radius 1 is 1.00 bits per heavy atom. The molecule has 176 valence electrons. The molecule has 0 bridgehead atoms. The number of hydrogen-bond donors (Lipinski definition) is 0. The maximum Gasteiger partial charge on any atom is 0.227 e. The summed E-state index contributed by atoms with van der Waals surface area (Å²) in [6.45, 7) is 3.84. The van der Waals surface area contributed by atoms with Crippen molar-refractivity contribution in [2.75, 3.05) is 31.1 Å². The minimum Gasteiger partial charge on any atom is -0.312 e. The molecular formula is C27H32ClFN2O2. The van der Waals surface area contributed by atoms with E-state index in [9.17, 15) is 14.0 Å². The molecule has 0 N–H and O–H groups in total. The lowest BCUT2D eigenvalue weighted by Crippen LogP contribution is -2.35. The van der Waals surface area contributed by atoms with Gasteiger partial charge in [-0.05, 0) is 98.5 Å². The zero-order chi connectivity index (χ0) is 22.1. The van der Waals surface area contributed by atoms with Gasteiger partial charge in [-0.2, -0.15) is 0 Å². The van der Waals surface area contributed by atoms with Gasteiger partial charge in [0.05, 0.1) is 5.69 Å². The first-order chi connectivity index (χ1) is 15.6. The van der Waals surface area contributed by atoms with Crippen molar-refractivity contribution in [2.45, 2.75) is 51.4 Å². The first-order valence-electron chi connectivity index (χ1n) is 12.0. The van der Waals surface area contributed by atoms with Gasteiger partial charge in [0.25, 0.3) is 0 Å². The van der Waals surface area contributed by atoms with Crippen LogP contribution in [0.25, 0.3) is 0 Å². The number of Topliss-reactive ketones (excluding diaryl/α,β-unsaturated/α-hetero) is 1. The molecule has 0 atom stereocenters. The van der Waals surface area contributed by atoms with Gasteiger partial charge in [0.1, 0.15) is 5.82 Å². The van der Waals surface area contributed by atoms with Crippen LogP contribution in [0.5, 0.6) is 0 Å². The van der Waals surface area contributed by atoms with Crippen LogP contribution in [0.4, 0.5) is 10.1 Å². The van der Waals surface area contributed by atoms with Crippen molar-refractivity contribution in [3.05, 3.63) is 64.5 Å². The van der Waals surface area contributed by atoms with E-state index in [2.05, 4.69) is 4.90 Å². The SMILES string of the molecule is Cl.O=C(CCC1CCN(CCc2cccc(F)c2)CC1)c1cc2c3c(c1)CCN3C(=O)CC2. The second-order valence-electron chi connectivity index (χ2n) is 9.57. The monoisotopic (exact) mass is 470 g/mol. The van der Waals surface area contributed by atoms with Crippen LogP contribution in [0.15, 0.2) is 36.4 Å². The van der Waals surface area contributed by atoms with E-state index in [0.29, 0.717) is 18.8 Å². The molecule has 3 aliphatic rings. The summed E-state index contributed by atoms with van der Waals surface area (Å²) in [6.07, 6.45) is 6.87. The molecular weight excluding hydrogens is 439 g/mol. The molecule has 33 heavy (non-hydrogen) atoms. The smallest absolute Gasteiger partial charge is 0.227 e. The second-order valence-corrected chi connectivity index (χ2v) is 9.57. The molecule has 1 saturated heterocycles. The van der Waals surface area contributed by atoms with Crippen molar-refractivity contribution >= 4 is 29.8 Å². The Balaban J connectivity index is 0.00000259. The number of benzene rings is 2. The Labute approximate surface area is 201 Å². The lowest BCUT2D eigenvalue weighted by atomic mass is 9.89. The first-order valence-corrected chi connectivity index (χ1v) is 12.0. The highest BCUT2D eigenvalue weighted by atomic mass is 35.5. The number of anilines is 1. The van der Waals surface area contributed by atoms with Gasteiger partial charge in [-0.3, -0.25) is 9.59 Å². The third kappa shape index (κ3) is 5.30. The van der Waals surface area contributed by atoms with Crippen LogP contribution in [0.2, 0.25) is 0 Å². The van der Waals surface area contributed by atoms with Gasteiger partial charge in [0, 0.05) is 31.5 Å². The number of aryl methyl sites for hydroxylation is 1. The van der Waals surface area contributed by atoms with E-state index in [1.165, 1.54) is 17.2 Å². The average Bonchev–Trinajstić information content (AvgIpc) is 3.24. The number of amides is 1. The van der Waals surface area contributed by atoms with Crippen molar-refractivity contribution in [1.82, 2.24) is 4.90 Å². The number of ketones is 1. The number of carbonyl (C=O) groups is 2. The first kappa shape index (κ1) is 23.9. The molecule has 0 radical (unpaired) electrons. The second kappa shape index (κ2) is 10.4. The molecule has 0 saturated carbocycles. The molecule has 6 heteroatoms. The van der Waals surface area contributed by atoms with Gasteiger partial charge in [-0.25, -0.2) is 4.39 Å². The quantitative estimate of drug-likeness (QED) is 0.534. The van der Waals surface area contributed by atoms with E-state index >= 15 is 0 Å². The molecule has 2 aromatic rings. The Hall–Kier alpha value is -2.24. The highest BCUT2D eigenvalue weighted by molar-refractivity contribution is 6.02. The normalized spacial score (nSPS) is 18.2. The van der Waals surface area contributed by atoms with Crippen molar-refractivity contribution in [2.24, 2.45) is 5.92 Å².